The second-order valence-electron chi connectivity index (χ2n) is 8.33. The zero-order chi connectivity index (χ0) is 26.1. The predicted octanol–water partition coefficient (Wildman–Crippen LogP) is 4.55. The minimum Gasteiger partial charge on any atom is -0.506 e. The molecule has 1 aliphatic rings. The Morgan fingerprint density at radius 1 is 1.33 bits per heavy atom. The van der Waals surface area contributed by atoms with Crippen LogP contribution in [0.1, 0.15) is 44.9 Å². The lowest BCUT2D eigenvalue weighted by atomic mass is 9.95. The quantitative estimate of drug-likeness (QED) is 0.316. The lowest BCUT2D eigenvalue weighted by Gasteiger charge is -2.26. The highest BCUT2D eigenvalue weighted by Gasteiger charge is 2.35. The molecule has 2 aromatic carbocycles. The first-order valence-corrected chi connectivity index (χ1v) is 13.5. The monoisotopic (exact) mass is 638 g/mol. The molecule has 36 heavy (non-hydrogen) atoms. The molecule has 0 radical (unpaired) electrons. The van der Waals surface area contributed by atoms with Crippen LogP contribution in [0.5, 0.6) is 11.5 Å². The molecule has 0 unspecified atom stereocenters. The van der Waals surface area contributed by atoms with Crippen LogP contribution in [0.25, 0.3) is 6.08 Å². The number of para-hydroxylation sites is 1. The molecule has 2 heterocycles. The van der Waals surface area contributed by atoms with Crippen LogP contribution in [0, 0.1) is 3.57 Å². The van der Waals surface area contributed by atoms with E-state index in [0.29, 0.717) is 40.5 Å². The highest BCUT2D eigenvalue weighted by molar-refractivity contribution is 14.1. The van der Waals surface area contributed by atoms with Crippen molar-refractivity contribution in [1.29, 1.82) is 0 Å². The Hall–Kier alpha value is -2.63. The third kappa shape index (κ3) is 5.09. The van der Waals surface area contributed by atoms with Gasteiger partial charge >= 0.3 is 5.97 Å². The highest BCUT2D eigenvalue weighted by atomic mass is 127. The summed E-state index contributed by atoms with van der Waals surface area (Å²) in [5, 5.41) is 11.0. The van der Waals surface area contributed by atoms with Gasteiger partial charge in [0.15, 0.2) is 4.80 Å². The summed E-state index contributed by atoms with van der Waals surface area (Å²) in [4.78, 5) is 31.9. The fourth-order valence-electron chi connectivity index (χ4n) is 3.99. The van der Waals surface area contributed by atoms with E-state index >= 15 is 0 Å². The van der Waals surface area contributed by atoms with Gasteiger partial charge in [-0.25, -0.2) is 9.79 Å². The molecule has 0 spiro atoms. The molecule has 4 rings (SSSR count). The maximum absolute atomic E-state index is 13.8. The van der Waals surface area contributed by atoms with Crippen LogP contribution >= 0.6 is 45.5 Å². The SMILES string of the molecule is CCOC(=O)C1=C(C)N=c2s/c(=C/c3cc(Cl)cc(I)c3O)c(=O)n2[C@H]1c1ccccc1OC(C)C. The Labute approximate surface area is 230 Å². The van der Waals surface area contributed by atoms with Crippen LogP contribution in [0.4, 0.5) is 0 Å². The second-order valence-corrected chi connectivity index (χ2v) is 10.9. The molecule has 188 valence electrons. The number of nitrogens with zero attached hydrogens (tertiary/aromatic N) is 2. The maximum atomic E-state index is 13.8. The molecule has 0 amide bonds. The van der Waals surface area contributed by atoms with Crippen molar-refractivity contribution >= 4 is 57.6 Å². The number of halogens is 2. The largest absolute Gasteiger partial charge is 0.506 e. The number of phenolic OH excluding ortho intramolecular Hbond substituents is 1. The molecular weight excluding hydrogens is 615 g/mol. The summed E-state index contributed by atoms with van der Waals surface area (Å²) >= 11 is 9.34. The van der Waals surface area contributed by atoms with Gasteiger partial charge in [0.1, 0.15) is 17.5 Å². The van der Waals surface area contributed by atoms with Crippen molar-refractivity contribution in [3.63, 3.8) is 0 Å². The molecule has 0 aliphatic carbocycles. The van der Waals surface area contributed by atoms with Gasteiger partial charge in [-0.3, -0.25) is 9.36 Å². The number of rotatable bonds is 6. The van der Waals surface area contributed by atoms with Gasteiger partial charge in [0, 0.05) is 16.1 Å². The molecule has 7 nitrogen and oxygen atoms in total. The van der Waals surface area contributed by atoms with Gasteiger partial charge in [-0.1, -0.05) is 41.1 Å². The fraction of sp³-hybridized carbons (Fsp3) is 0.269. The molecule has 0 bridgehead atoms. The Bertz CT molecular complexity index is 1560. The lowest BCUT2D eigenvalue weighted by molar-refractivity contribution is -0.139. The summed E-state index contributed by atoms with van der Waals surface area (Å²) in [5.74, 6) is 0.0477. The van der Waals surface area contributed by atoms with E-state index in [0.717, 1.165) is 0 Å². The van der Waals surface area contributed by atoms with Crippen molar-refractivity contribution in [2.75, 3.05) is 6.61 Å². The molecule has 1 atom stereocenters. The minimum absolute atomic E-state index is 0.0291. The third-order valence-electron chi connectivity index (χ3n) is 5.44. The average molecular weight is 639 g/mol. The molecule has 0 saturated heterocycles. The van der Waals surface area contributed by atoms with E-state index in [-0.39, 0.29) is 29.6 Å². The van der Waals surface area contributed by atoms with E-state index in [1.165, 1.54) is 15.9 Å². The summed E-state index contributed by atoms with van der Waals surface area (Å²) in [5.41, 5.74) is 1.45. The van der Waals surface area contributed by atoms with Crippen LogP contribution in [0.15, 0.2) is 57.5 Å². The first-order chi connectivity index (χ1) is 17.1. The van der Waals surface area contributed by atoms with E-state index < -0.39 is 12.0 Å². The second kappa shape index (κ2) is 10.8. The fourth-order valence-corrected chi connectivity index (χ4v) is 6.09. The Morgan fingerprint density at radius 2 is 2.06 bits per heavy atom. The standard InChI is InChI=1S/C26H24ClIN2O5S/c1-5-34-25(33)21-14(4)29-26-30(22(21)17-8-6-7-9-19(17)35-13(2)3)24(32)20(36-26)11-15-10-16(27)12-18(28)23(15)31/h6-13,22,31H,5H2,1-4H3/b20-11+/t22-/m0/s1. The number of phenols is 1. The average Bonchev–Trinajstić information content (AvgIpc) is 3.11. The van der Waals surface area contributed by atoms with Gasteiger partial charge in [-0.15, -0.1) is 0 Å². The molecular formula is C26H24ClIN2O5S. The van der Waals surface area contributed by atoms with Crippen molar-refractivity contribution in [1.82, 2.24) is 4.57 Å². The smallest absolute Gasteiger partial charge is 0.338 e. The number of esters is 1. The normalized spacial score (nSPS) is 15.6. The number of thiazole rings is 1. The van der Waals surface area contributed by atoms with Crippen molar-refractivity contribution in [2.45, 2.75) is 39.8 Å². The van der Waals surface area contributed by atoms with E-state index in [1.54, 1.807) is 32.1 Å². The molecule has 10 heteroatoms. The summed E-state index contributed by atoms with van der Waals surface area (Å²) in [6, 6.07) is 9.76. The zero-order valence-corrected chi connectivity index (χ0v) is 23.8. The third-order valence-corrected chi connectivity index (χ3v) is 7.46. The number of hydrogen-bond acceptors (Lipinski definition) is 7. The minimum atomic E-state index is -0.800. The topological polar surface area (TPSA) is 90.1 Å². The Kier molecular flexibility index (Phi) is 7.91. The van der Waals surface area contributed by atoms with E-state index in [1.807, 2.05) is 60.7 Å². The number of allylic oxidation sites excluding steroid dienone is 1. The lowest BCUT2D eigenvalue weighted by Crippen LogP contribution is -2.40. The van der Waals surface area contributed by atoms with Gasteiger partial charge in [-0.05, 0) is 74.6 Å². The van der Waals surface area contributed by atoms with Crippen molar-refractivity contribution in [3.05, 3.63) is 87.1 Å². The number of benzene rings is 2. The number of ether oxygens (including phenoxy) is 2. The molecule has 3 aromatic rings. The van der Waals surface area contributed by atoms with Crippen molar-refractivity contribution in [2.24, 2.45) is 4.99 Å². The van der Waals surface area contributed by atoms with Crippen LogP contribution in [0.2, 0.25) is 5.02 Å². The maximum Gasteiger partial charge on any atom is 0.338 e. The van der Waals surface area contributed by atoms with Crippen molar-refractivity contribution in [3.8, 4) is 11.5 Å². The number of fused-ring (bicyclic) bond motifs is 1. The van der Waals surface area contributed by atoms with Crippen LogP contribution in [-0.2, 0) is 9.53 Å². The predicted molar refractivity (Wildman–Crippen MR) is 148 cm³/mol. The van der Waals surface area contributed by atoms with E-state index in [4.69, 9.17) is 21.1 Å². The van der Waals surface area contributed by atoms with Gasteiger partial charge in [0.25, 0.3) is 5.56 Å². The number of carbonyl (C=O) groups is 1. The number of aromatic hydroxyl groups is 1. The number of hydrogen-bond donors (Lipinski definition) is 1. The van der Waals surface area contributed by atoms with E-state index in [2.05, 4.69) is 4.99 Å². The molecule has 0 fully saturated rings. The Morgan fingerprint density at radius 3 is 2.75 bits per heavy atom. The summed E-state index contributed by atoms with van der Waals surface area (Å²) in [7, 11) is 0. The van der Waals surface area contributed by atoms with Crippen LogP contribution in [0.3, 0.4) is 0 Å². The molecule has 0 saturated carbocycles. The van der Waals surface area contributed by atoms with Gasteiger partial charge < -0.3 is 14.6 Å². The first kappa shape index (κ1) is 26.4. The summed E-state index contributed by atoms with van der Waals surface area (Å²) in [6.45, 7) is 7.46. The van der Waals surface area contributed by atoms with Gasteiger partial charge in [0.2, 0.25) is 0 Å². The zero-order valence-electron chi connectivity index (χ0n) is 20.0. The van der Waals surface area contributed by atoms with Crippen molar-refractivity contribution < 1.29 is 19.4 Å². The number of carbonyl (C=O) groups excluding carboxylic acids is 1. The van der Waals surface area contributed by atoms with E-state index in [9.17, 15) is 14.7 Å². The molecule has 1 N–H and O–H groups in total. The van der Waals surface area contributed by atoms with Gasteiger partial charge in [0.05, 0.1) is 32.1 Å². The molecule has 1 aliphatic heterocycles. The Balaban J connectivity index is 2.01. The summed E-state index contributed by atoms with van der Waals surface area (Å²) < 4.78 is 13.8. The first-order valence-electron chi connectivity index (χ1n) is 11.3. The summed E-state index contributed by atoms with van der Waals surface area (Å²) in [6.07, 6.45) is 1.47. The van der Waals surface area contributed by atoms with Gasteiger partial charge in [-0.2, -0.15) is 0 Å². The highest BCUT2D eigenvalue weighted by Crippen LogP contribution is 2.36. The number of aromatic nitrogens is 1. The van der Waals surface area contributed by atoms with Crippen LogP contribution in [-0.4, -0.2) is 28.4 Å². The molecule has 1 aromatic heterocycles. The van der Waals surface area contributed by atoms with Crippen LogP contribution < -0.4 is 19.6 Å².